The zero-order valence-electron chi connectivity index (χ0n) is 12.8. The fraction of sp³-hybridized carbons (Fsp3) is 0.533. The van der Waals surface area contributed by atoms with Gasteiger partial charge in [0, 0.05) is 6.54 Å². The number of carbonyl (C=O) groups is 1. The molecular formula is C15H27ClN2O3. The lowest BCUT2D eigenvalue weighted by Gasteiger charge is -2.12. The van der Waals surface area contributed by atoms with Crippen molar-refractivity contribution in [3.63, 3.8) is 0 Å². The minimum Gasteiger partial charge on any atom is -0.530 e. The van der Waals surface area contributed by atoms with Gasteiger partial charge in [-0.05, 0) is 25.8 Å². The molecule has 1 aromatic rings. The SMILES string of the molecule is CC[NH+](CC)CCO.Cl.O=C([O-])NCCc1ccccc1. The topological polar surface area (TPSA) is 76.8 Å². The molecule has 0 bridgehead atoms. The third-order valence-electron chi connectivity index (χ3n) is 2.99. The second-order valence-corrected chi connectivity index (χ2v) is 4.38. The highest BCUT2D eigenvalue weighted by Gasteiger charge is 1.97. The molecule has 0 atom stereocenters. The molecule has 1 aromatic carbocycles. The van der Waals surface area contributed by atoms with E-state index in [1.165, 1.54) is 4.90 Å². The first-order valence-corrected chi connectivity index (χ1v) is 7.07. The van der Waals surface area contributed by atoms with Crippen LogP contribution in [0.4, 0.5) is 4.79 Å². The highest BCUT2D eigenvalue weighted by Crippen LogP contribution is 1.97. The molecule has 0 aromatic heterocycles. The van der Waals surface area contributed by atoms with Crippen LogP contribution >= 0.6 is 12.4 Å². The van der Waals surface area contributed by atoms with Crippen molar-refractivity contribution in [2.45, 2.75) is 20.3 Å². The highest BCUT2D eigenvalue weighted by atomic mass is 35.5. The van der Waals surface area contributed by atoms with Crippen molar-refractivity contribution in [2.24, 2.45) is 0 Å². The molecule has 1 rings (SSSR count). The molecule has 0 radical (unpaired) electrons. The molecule has 0 aliphatic carbocycles. The van der Waals surface area contributed by atoms with Crippen LogP contribution in [0, 0.1) is 0 Å². The number of amides is 1. The smallest absolute Gasteiger partial charge is 0.134 e. The van der Waals surface area contributed by atoms with Crippen LogP contribution in [0.5, 0.6) is 0 Å². The molecule has 0 saturated heterocycles. The van der Waals surface area contributed by atoms with E-state index in [4.69, 9.17) is 5.11 Å². The van der Waals surface area contributed by atoms with Crippen molar-refractivity contribution in [3.05, 3.63) is 35.9 Å². The van der Waals surface area contributed by atoms with Gasteiger partial charge in [0.05, 0.1) is 19.7 Å². The van der Waals surface area contributed by atoms with Gasteiger partial charge in [-0.15, -0.1) is 12.4 Å². The largest absolute Gasteiger partial charge is 0.530 e. The average Bonchev–Trinajstić information content (AvgIpc) is 2.46. The molecule has 3 N–H and O–H groups in total. The van der Waals surface area contributed by atoms with E-state index in [1.807, 2.05) is 30.3 Å². The van der Waals surface area contributed by atoms with Crippen LogP contribution in [0.1, 0.15) is 19.4 Å². The molecule has 0 aliphatic heterocycles. The molecule has 0 saturated carbocycles. The normalized spacial score (nSPS) is 9.33. The number of carbonyl (C=O) groups excluding carboxylic acids is 1. The van der Waals surface area contributed by atoms with Gasteiger partial charge in [-0.1, -0.05) is 30.3 Å². The molecule has 1 amide bonds. The summed E-state index contributed by atoms with van der Waals surface area (Å²) in [7, 11) is 0. The van der Waals surface area contributed by atoms with Gasteiger partial charge < -0.3 is 25.2 Å². The van der Waals surface area contributed by atoms with Gasteiger partial charge in [-0.2, -0.15) is 0 Å². The zero-order valence-corrected chi connectivity index (χ0v) is 13.6. The second kappa shape index (κ2) is 15.1. The minimum atomic E-state index is -1.22. The summed E-state index contributed by atoms with van der Waals surface area (Å²) in [5.74, 6) is 0. The molecule has 0 aliphatic rings. The van der Waals surface area contributed by atoms with Crippen LogP contribution in [-0.2, 0) is 6.42 Å². The average molecular weight is 319 g/mol. The summed E-state index contributed by atoms with van der Waals surface area (Å²) in [6.45, 7) is 8.13. The predicted molar refractivity (Wildman–Crippen MR) is 84.8 cm³/mol. The Labute approximate surface area is 133 Å². The van der Waals surface area contributed by atoms with Gasteiger partial charge >= 0.3 is 0 Å². The second-order valence-electron chi connectivity index (χ2n) is 4.38. The summed E-state index contributed by atoms with van der Waals surface area (Å²) >= 11 is 0. The fourth-order valence-electron chi connectivity index (χ4n) is 1.72. The lowest BCUT2D eigenvalue weighted by molar-refractivity contribution is -0.896. The number of hydrogen-bond acceptors (Lipinski definition) is 3. The molecule has 0 fully saturated rings. The Hall–Kier alpha value is -1.30. The third-order valence-corrected chi connectivity index (χ3v) is 2.99. The van der Waals surface area contributed by atoms with Gasteiger partial charge in [-0.3, -0.25) is 0 Å². The molecule has 5 nitrogen and oxygen atoms in total. The Bertz CT molecular complexity index is 346. The van der Waals surface area contributed by atoms with E-state index < -0.39 is 6.09 Å². The van der Waals surface area contributed by atoms with Crippen LogP contribution in [0.3, 0.4) is 0 Å². The Morgan fingerprint density at radius 2 is 1.81 bits per heavy atom. The summed E-state index contributed by atoms with van der Waals surface area (Å²) in [6.07, 6.45) is -0.514. The Balaban J connectivity index is 0. The van der Waals surface area contributed by atoms with Crippen LogP contribution in [0.25, 0.3) is 0 Å². The number of quaternary nitrogens is 1. The fourth-order valence-corrected chi connectivity index (χ4v) is 1.72. The molecule has 0 unspecified atom stereocenters. The molecule has 122 valence electrons. The number of hydrogen-bond donors (Lipinski definition) is 3. The lowest BCUT2D eigenvalue weighted by atomic mass is 10.1. The van der Waals surface area contributed by atoms with Crippen LogP contribution in [-0.4, -0.2) is 44.0 Å². The van der Waals surface area contributed by atoms with E-state index in [1.54, 1.807) is 0 Å². The maximum Gasteiger partial charge on any atom is 0.134 e. The number of nitrogens with one attached hydrogen (secondary N) is 2. The standard InChI is InChI=1S/C9H11NO2.C6H15NO.ClH/c11-9(12)10-7-6-8-4-2-1-3-5-8;1-3-7(4-2)5-6-8;/h1-5,10H,6-7H2,(H,11,12);8H,3-6H2,1-2H3;1H. The van der Waals surface area contributed by atoms with Crippen molar-refractivity contribution in [1.29, 1.82) is 0 Å². The molecule has 0 spiro atoms. The first-order chi connectivity index (χ1) is 9.63. The maximum atomic E-state index is 9.97. The van der Waals surface area contributed by atoms with E-state index in [2.05, 4.69) is 19.2 Å². The van der Waals surface area contributed by atoms with E-state index in [0.717, 1.165) is 25.2 Å². The molecular weight excluding hydrogens is 292 g/mol. The number of aliphatic hydroxyl groups excluding tert-OH is 1. The van der Waals surface area contributed by atoms with Crippen LogP contribution in [0.2, 0.25) is 0 Å². The van der Waals surface area contributed by atoms with Crippen molar-refractivity contribution in [2.75, 3.05) is 32.8 Å². The van der Waals surface area contributed by atoms with E-state index >= 15 is 0 Å². The van der Waals surface area contributed by atoms with Crippen molar-refractivity contribution >= 4 is 18.5 Å². The van der Waals surface area contributed by atoms with Gasteiger partial charge in [-0.25, -0.2) is 0 Å². The zero-order chi connectivity index (χ0) is 15.2. The van der Waals surface area contributed by atoms with E-state index in [0.29, 0.717) is 19.6 Å². The molecule has 6 heteroatoms. The van der Waals surface area contributed by atoms with Crippen molar-refractivity contribution < 1.29 is 19.9 Å². The number of rotatable bonds is 7. The highest BCUT2D eigenvalue weighted by molar-refractivity contribution is 5.85. The number of carboxylic acid groups (broad SMARTS) is 1. The third kappa shape index (κ3) is 13.4. The van der Waals surface area contributed by atoms with Crippen LogP contribution in [0.15, 0.2) is 30.3 Å². The summed E-state index contributed by atoms with van der Waals surface area (Å²) < 4.78 is 0. The number of likely N-dealkylation sites (N-methyl/N-ethyl adjacent to an activating group) is 1. The maximum absolute atomic E-state index is 9.97. The van der Waals surface area contributed by atoms with Crippen LogP contribution < -0.4 is 15.3 Å². The summed E-state index contributed by atoms with van der Waals surface area (Å²) in [4.78, 5) is 11.4. The Kier molecular flexibility index (Phi) is 15.8. The lowest BCUT2D eigenvalue weighted by Crippen LogP contribution is -3.11. The Morgan fingerprint density at radius 3 is 2.19 bits per heavy atom. The first kappa shape index (κ1) is 22.0. The van der Waals surface area contributed by atoms with E-state index in [9.17, 15) is 9.90 Å². The summed E-state index contributed by atoms with van der Waals surface area (Å²) in [5.41, 5.74) is 1.12. The quantitative estimate of drug-likeness (QED) is 0.633. The molecule has 21 heavy (non-hydrogen) atoms. The van der Waals surface area contributed by atoms with Gasteiger partial charge in [0.15, 0.2) is 0 Å². The van der Waals surface area contributed by atoms with Crippen molar-refractivity contribution in [3.8, 4) is 0 Å². The monoisotopic (exact) mass is 318 g/mol. The first-order valence-electron chi connectivity index (χ1n) is 7.07. The number of halogens is 1. The summed E-state index contributed by atoms with van der Waals surface area (Å²) in [6, 6.07) is 9.69. The minimum absolute atomic E-state index is 0. The van der Waals surface area contributed by atoms with Gasteiger partial charge in [0.2, 0.25) is 0 Å². The predicted octanol–water partition coefficient (Wildman–Crippen LogP) is -0.513. The molecule has 0 heterocycles. The van der Waals surface area contributed by atoms with Crippen molar-refractivity contribution in [1.82, 2.24) is 5.32 Å². The van der Waals surface area contributed by atoms with E-state index in [-0.39, 0.29) is 12.4 Å². The van der Waals surface area contributed by atoms with Gasteiger partial charge in [0.25, 0.3) is 0 Å². The number of benzene rings is 1. The Morgan fingerprint density at radius 1 is 1.24 bits per heavy atom. The number of aliphatic hydroxyl groups is 1. The summed E-state index contributed by atoms with van der Waals surface area (Å²) in [5, 5.41) is 20.6. The van der Waals surface area contributed by atoms with Gasteiger partial charge in [0.1, 0.15) is 12.6 Å².